The lowest BCUT2D eigenvalue weighted by Gasteiger charge is -2.33. The molecule has 0 aromatic heterocycles. The first-order valence-electron chi connectivity index (χ1n) is 6.99. The largest absolute Gasteiger partial charge is 0.382 e. The molecule has 3 heteroatoms. The number of fused-ring (bicyclic) bond motifs is 1. The Balaban J connectivity index is 2.05. The van der Waals surface area contributed by atoms with Crippen LogP contribution in [0.1, 0.15) is 36.8 Å². The lowest BCUT2D eigenvalue weighted by Crippen LogP contribution is -2.28. The molecule has 1 N–H and O–H groups in total. The average molecular weight is 290 g/mol. The molecule has 0 fully saturated rings. The van der Waals surface area contributed by atoms with Gasteiger partial charge in [-0.2, -0.15) is 0 Å². The number of halogens is 2. The van der Waals surface area contributed by atoms with Gasteiger partial charge < -0.3 is 5.32 Å². The quantitative estimate of drug-likeness (QED) is 0.801. The normalized spacial score (nSPS) is 21.1. The minimum atomic E-state index is -0.181. The Kier molecular flexibility index (Phi) is 3.66. The molecule has 3 rings (SSSR count). The molecule has 1 nitrogen and oxygen atoms in total. The summed E-state index contributed by atoms with van der Waals surface area (Å²) >= 11 is 5.96. The first-order valence-corrected chi connectivity index (χ1v) is 7.36. The summed E-state index contributed by atoms with van der Waals surface area (Å²) in [6, 6.07) is 13.3. The molecule has 0 radical (unpaired) electrons. The Morgan fingerprint density at radius 2 is 1.95 bits per heavy atom. The second-order valence-corrected chi connectivity index (χ2v) is 5.76. The third-order valence-corrected chi connectivity index (χ3v) is 4.29. The van der Waals surface area contributed by atoms with Crippen molar-refractivity contribution in [2.45, 2.75) is 31.7 Å². The third-order valence-electron chi connectivity index (χ3n) is 4.03. The van der Waals surface area contributed by atoms with Crippen LogP contribution in [-0.4, -0.2) is 6.04 Å². The van der Waals surface area contributed by atoms with E-state index < -0.39 is 0 Å². The predicted octanol–water partition coefficient (Wildman–Crippen LogP) is 5.21. The van der Waals surface area contributed by atoms with E-state index >= 15 is 0 Å². The van der Waals surface area contributed by atoms with Crippen LogP contribution in [-0.2, 0) is 0 Å². The second-order valence-electron chi connectivity index (χ2n) is 5.32. The van der Waals surface area contributed by atoms with E-state index in [0.717, 1.165) is 29.1 Å². The number of benzene rings is 2. The van der Waals surface area contributed by atoms with Gasteiger partial charge in [-0.05, 0) is 54.3 Å². The zero-order valence-electron chi connectivity index (χ0n) is 11.4. The maximum absolute atomic E-state index is 13.6. The molecule has 1 heterocycles. The number of hydrogen-bond donors (Lipinski definition) is 1. The molecule has 2 atom stereocenters. The van der Waals surface area contributed by atoms with Gasteiger partial charge in [-0.3, -0.25) is 0 Å². The molecule has 1 aliphatic rings. The SMILES string of the molecule is CC[C@H]1C[C@H](c2ccc(Cl)cc2)c2cc(F)ccc2N1. The predicted molar refractivity (Wildman–Crippen MR) is 82.0 cm³/mol. The Morgan fingerprint density at radius 1 is 1.20 bits per heavy atom. The Labute approximate surface area is 123 Å². The van der Waals surface area contributed by atoms with Crippen molar-refractivity contribution >= 4 is 17.3 Å². The van der Waals surface area contributed by atoms with Crippen molar-refractivity contribution < 1.29 is 4.39 Å². The molecule has 2 aromatic rings. The summed E-state index contributed by atoms with van der Waals surface area (Å²) in [7, 11) is 0. The fraction of sp³-hybridized carbons (Fsp3) is 0.294. The number of hydrogen-bond acceptors (Lipinski definition) is 1. The summed E-state index contributed by atoms with van der Waals surface area (Å²) in [5, 5.41) is 4.22. The zero-order chi connectivity index (χ0) is 14.1. The average Bonchev–Trinajstić information content (AvgIpc) is 2.47. The van der Waals surface area contributed by atoms with E-state index in [1.165, 1.54) is 11.6 Å². The molecular weight excluding hydrogens is 273 g/mol. The van der Waals surface area contributed by atoms with Gasteiger partial charge in [-0.25, -0.2) is 4.39 Å². The summed E-state index contributed by atoms with van der Waals surface area (Å²) < 4.78 is 13.6. The minimum absolute atomic E-state index is 0.181. The summed E-state index contributed by atoms with van der Waals surface area (Å²) in [6.07, 6.45) is 2.04. The van der Waals surface area contributed by atoms with Gasteiger partial charge in [-0.15, -0.1) is 0 Å². The third kappa shape index (κ3) is 2.53. The monoisotopic (exact) mass is 289 g/mol. The topological polar surface area (TPSA) is 12.0 Å². The van der Waals surface area contributed by atoms with Gasteiger partial charge in [0.15, 0.2) is 0 Å². The van der Waals surface area contributed by atoms with Crippen molar-refractivity contribution in [3.63, 3.8) is 0 Å². The van der Waals surface area contributed by atoms with E-state index in [0.29, 0.717) is 6.04 Å². The molecule has 20 heavy (non-hydrogen) atoms. The van der Waals surface area contributed by atoms with Crippen LogP contribution < -0.4 is 5.32 Å². The summed E-state index contributed by atoms with van der Waals surface area (Å²) in [4.78, 5) is 0. The minimum Gasteiger partial charge on any atom is -0.382 e. The highest BCUT2D eigenvalue weighted by Crippen LogP contribution is 2.40. The smallest absolute Gasteiger partial charge is 0.123 e. The first-order chi connectivity index (χ1) is 9.67. The standard InChI is InChI=1S/C17H17ClFN/c1-2-14-10-15(11-3-5-12(18)6-4-11)16-9-13(19)7-8-17(16)20-14/h3-9,14-15,20H,2,10H2,1H3/t14-,15+/m0/s1. The fourth-order valence-electron chi connectivity index (χ4n) is 2.92. The molecule has 104 valence electrons. The van der Waals surface area contributed by atoms with Crippen molar-refractivity contribution in [2.24, 2.45) is 0 Å². The van der Waals surface area contributed by atoms with Crippen LogP contribution >= 0.6 is 11.6 Å². The van der Waals surface area contributed by atoms with Crippen LogP contribution in [0.15, 0.2) is 42.5 Å². The molecule has 0 unspecified atom stereocenters. The molecule has 0 spiro atoms. The summed E-state index contributed by atoms with van der Waals surface area (Å²) in [6.45, 7) is 2.17. The Morgan fingerprint density at radius 3 is 2.65 bits per heavy atom. The van der Waals surface area contributed by atoms with E-state index in [9.17, 15) is 4.39 Å². The van der Waals surface area contributed by atoms with Crippen molar-refractivity contribution in [1.29, 1.82) is 0 Å². The van der Waals surface area contributed by atoms with Crippen LogP contribution in [0.5, 0.6) is 0 Å². The molecule has 0 amide bonds. The summed E-state index contributed by atoms with van der Waals surface area (Å²) in [5.41, 5.74) is 3.28. The van der Waals surface area contributed by atoms with Crippen molar-refractivity contribution in [2.75, 3.05) is 5.32 Å². The maximum atomic E-state index is 13.6. The number of anilines is 1. The lowest BCUT2D eigenvalue weighted by atomic mass is 9.81. The van der Waals surface area contributed by atoms with Gasteiger partial charge >= 0.3 is 0 Å². The van der Waals surface area contributed by atoms with Crippen LogP contribution in [0.3, 0.4) is 0 Å². The number of nitrogens with one attached hydrogen (secondary N) is 1. The highest BCUT2D eigenvalue weighted by Gasteiger charge is 2.27. The van der Waals surface area contributed by atoms with E-state index in [-0.39, 0.29) is 11.7 Å². The highest BCUT2D eigenvalue weighted by molar-refractivity contribution is 6.30. The number of rotatable bonds is 2. The van der Waals surface area contributed by atoms with Crippen molar-refractivity contribution in [1.82, 2.24) is 0 Å². The van der Waals surface area contributed by atoms with Gasteiger partial charge in [-0.1, -0.05) is 30.7 Å². The fourth-order valence-corrected chi connectivity index (χ4v) is 3.05. The van der Waals surface area contributed by atoms with Gasteiger partial charge in [0.05, 0.1) is 0 Å². The molecule has 0 saturated carbocycles. The van der Waals surface area contributed by atoms with Gasteiger partial charge in [0.1, 0.15) is 5.82 Å². The molecule has 0 saturated heterocycles. The highest BCUT2D eigenvalue weighted by atomic mass is 35.5. The van der Waals surface area contributed by atoms with Crippen LogP contribution in [0, 0.1) is 5.82 Å². The van der Waals surface area contributed by atoms with E-state index in [1.54, 1.807) is 6.07 Å². The molecule has 0 bridgehead atoms. The van der Waals surface area contributed by atoms with Crippen LogP contribution in [0.2, 0.25) is 5.02 Å². The van der Waals surface area contributed by atoms with Crippen molar-refractivity contribution in [3.8, 4) is 0 Å². The second kappa shape index (κ2) is 5.45. The van der Waals surface area contributed by atoms with Gasteiger partial charge in [0.25, 0.3) is 0 Å². The van der Waals surface area contributed by atoms with Gasteiger partial charge in [0.2, 0.25) is 0 Å². The van der Waals surface area contributed by atoms with Crippen LogP contribution in [0.25, 0.3) is 0 Å². The van der Waals surface area contributed by atoms with Gasteiger partial charge in [0, 0.05) is 22.7 Å². The molecular formula is C17H17ClFN. The summed E-state index contributed by atoms with van der Waals surface area (Å²) in [5.74, 6) is 0.0450. The van der Waals surface area contributed by atoms with Crippen molar-refractivity contribution in [3.05, 3.63) is 64.4 Å². The van der Waals surface area contributed by atoms with E-state index in [2.05, 4.69) is 12.2 Å². The van der Waals surface area contributed by atoms with E-state index in [1.807, 2.05) is 30.3 Å². The molecule has 0 aliphatic carbocycles. The Bertz CT molecular complexity index is 609. The Hall–Kier alpha value is -1.54. The molecule has 2 aromatic carbocycles. The van der Waals surface area contributed by atoms with E-state index in [4.69, 9.17) is 11.6 Å². The first kappa shape index (κ1) is 13.4. The zero-order valence-corrected chi connectivity index (χ0v) is 12.1. The molecule has 1 aliphatic heterocycles. The lowest BCUT2D eigenvalue weighted by molar-refractivity contribution is 0.558. The van der Waals surface area contributed by atoms with Crippen LogP contribution in [0.4, 0.5) is 10.1 Å². The maximum Gasteiger partial charge on any atom is 0.123 e.